The van der Waals surface area contributed by atoms with Crippen molar-refractivity contribution in [1.29, 1.82) is 0 Å². The van der Waals surface area contributed by atoms with Gasteiger partial charge in [-0.15, -0.1) is 0 Å². The molecule has 2 N–H and O–H groups in total. The first-order chi connectivity index (χ1) is 8.62. The highest BCUT2D eigenvalue weighted by atomic mass is 15.2. The Bertz CT molecular complexity index is 326. The average molecular weight is 249 g/mol. The van der Waals surface area contributed by atoms with Gasteiger partial charge in [-0.25, -0.2) is 0 Å². The molecule has 0 aliphatic heterocycles. The number of nitrogens with two attached hydrogens (primary N) is 1. The number of hydrogen-bond donors (Lipinski definition) is 1. The third-order valence-corrected chi connectivity index (χ3v) is 3.81. The van der Waals surface area contributed by atoms with Gasteiger partial charge in [0.15, 0.2) is 0 Å². The number of unbranched alkanes of at least 4 members (excludes halogenated alkanes) is 2. The normalized spacial score (nSPS) is 14.7. The highest BCUT2D eigenvalue weighted by Gasteiger charge is 2.27. The Balaban J connectivity index is 2.57. The highest BCUT2D eigenvalue weighted by Crippen LogP contribution is 2.21. The molecule has 3 nitrogen and oxygen atoms in total. The molecule has 18 heavy (non-hydrogen) atoms. The van der Waals surface area contributed by atoms with Gasteiger partial charge in [-0.2, -0.15) is 0 Å². The van der Waals surface area contributed by atoms with Gasteiger partial charge in [0.25, 0.3) is 0 Å². The van der Waals surface area contributed by atoms with Crippen molar-refractivity contribution in [1.82, 2.24) is 9.88 Å². The van der Waals surface area contributed by atoms with Crippen LogP contribution >= 0.6 is 0 Å². The minimum absolute atomic E-state index is 0.0761. The Hall–Kier alpha value is -0.930. The van der Waals surface area contributed by atoms with Gasteiger partial charge in [-0.3, -0.25) is 9.88 Å². The second kappa shape index (κ2) is 7.49. The lowest BCUT2D eigenvalue weighted by atomic mass is 9.92. The van der Waals surface area contributed by atoms with Gasteiger partial charge in [0.1, 0.15) is 0 Å². The van der Waals surface area contributed by atoms with Crippen molar-refractivity contribution >= 4 is 0 Å². The van der Waals surface area contributed by atoms with Crippen LogP contribution in [0.1, 0.15) is 45.2 Å². The first-order valence-corrected chi connectivity index (χ1v) is 6.93. The molecule has 0 spiro atoms. The van der Waals surface area contributed by atoms with Crippen molar-refractivity contribution in [2.75, 3.05) is 13.6 Å². The number of aromatic nitrogens is 1. The molecule has 1 aromatic rings. The molecule has 0 radical (unpaired) electrons. The van der Waals surface area contributed by atoms with Crippen molar-refractivity contribution in [3.8, 4) is 0 Å². The zero-order valence-corrected chi connectivity index (χ0v) is 12.0. The van der Waals surface area contributed by atoms with E-state index in [4.69, 9.17) is 5.73 Å². The predicted molar refractivity (Wildman–Crippen MR) is 77.3 cm³/mol. The van der Waals surface area contributed by atoms with Gasteiger partial charge in [-0.1, -0.05) is 32.3 Å². The molecular weight excluding hydrogens is 222 g/mol. The molecular formula is C15H27N3. The van der Waals surface area contributed by atoms with Crippen LogP contribution in [0.3, 0.4) is 0 Å². The SMILES string of the molecule is CCCCCC(C)(CN)N(C)Cc1ccccn1. The molecule has 3 heteroatoms. The van der Waals surface area contributed by atoms with Crippen LogP contribution in [0.25, 0.3) is 0 Å². The maximum atomic E-state index is 5.98. The summed E-state index contributed by atoms with van der Waals surface area (Å²) >= 11 is 0. The quantitative estimate of drug-likeness (QED) is 0.720. The van der Waals surface area contributed by atoms with E-state index >= 15 is 0 Å². The van der Waals surface area contributed by atoms with E-state index in [0.29, 0.717) is 6.54 Å². The summed E-state index contributed by atoms with van der Waals surface area (Å²) in [6.45, 7) is 6.05. The Morgan fingerprint density at radius 1 is 1.33 bits per heavy atom. The summed E-state index contributed by atoms with van der Waals surface area (Å²) in [4.78, 5) is 6.72. The van der Waals surface area contributed by atoms with Gasteiger partial charge in [0.05, 0.1) is 5.69 Å². The Morgan fingerprint density at radius 3 is 2.67 bits per heavy atom. The second-order valence-electron chi connectivity index (χ2n) is 5.34. The summed E-state index contributed by atoms with van der Waals surface area (Å²) in [5.41, 5.74) is 7.16. The van der Waals surface area contributed by atoms with E-state index in [-0.39, 0.29) is 5.54 Å². The van der Waals surface area contributed by atoms with Crippen LogP contribution in [0.4, 0.5) is 0 Å². The molecule has 1 atom stereocenters. The maximum absolute atomic E-state index is 5.98. The van der Waals surface area contributed by atoms with Crippen LogP contribution in [-0.2, 0) is 6.54 Å². The molecule has 102 valence electrons. The smallest absolute Gasteiger partial charge is 0.0544 e. The van der Waals surface area contributed by atoms with Crippen molar-refractivity contribution in [3.05, 3.63) is 30.1 Å². The molecule has 0 aliphatic rings. The molecule has 1 aromatic heterocycles. The van der Waals surface area contributed by atoms with Crippen LogP contribution in [0.2, 0.25) is 0 Å². The van der Waals surface area contributed by atoms with E-state index < -0.39 is 0 Å². The van der Waals surface area contributed by atoms with Crippen LogP contribution in [0, 0.1) is 0 Å². The van der Waals surface area contributed by atoms with Crippen LogP contribution < -0.4 is 5.73 Å². The monoisotopic (exact) mass is 249 g/mol. The highest BCUT2D eigenvalue weighted by molar-refractivity contribution is 5.04. The lowest BCUT2D eigenvalue weighted by Crippen LogP contribution is -2.49. The lowest BCUT2D eigenvalue weighted by Gasteiger charge is -2.38. The fraction of sp³-hybridized carbons (Fsp3) is 0.667. The van der Waals surface area contributed by atoms with E-state index in [2.05, 4.69) is 36.8 Å². The summed E-state index contributed by atoms with van der Waals surface area (Å²) in [6.07, 6.45) is 6.79. The van der Waals surface area contributed by atoms with Crippen molar-refractivity contribution in [2.24, 2.45) is 5.73 Å². The summed E-state index contributed by atoms with van der Waals surface area (Å²) < 4.78 is 0. The fourth-order valence-electron chi connectivity index (χ4n) is 2.13. The minimum Gasteiger partial charge on any atom is -0.329 e. The first-order valence-electron chi connectivity index (χ1n) is 6.93. The van der Waals surface area contributed by atoms with Gasteiger partial charge in [0, 0.05) is 24.8 Å². The largest absolute Gasteiger partial charge is 0.329 e. The van der Waals surface area contributed by atoms with E-state index in [1.165, 1.54) is 19.3 Å². The predicted octanol–water partition coefficient (Wildman–Crippen LogP) is 2.81. The van der Waals surface area contributed by atoms with E-state index in [1.807, 2.05) is 18.3 Å². The summed E-state index contributed by atoms with van der Waals surface area (Å²) in [5.74, 6) is 0. The van der Waals surface area contributed by atoms with Crippen molar-refractivity contribution in [3.63, 3.8) is 0 Å². The number of hydrogen-bond acceptors (Lipinski definition) is 3. The average Bonchev–Trinajstić information content (AvgIpc) is 2.40. The molecule has 0 saturated carbocycles. The van der Waals surface area contributed by atoms with Gasteiger partial charge >= 0.3 is 0 Å². The molecule has 0 amide bonds. The molecule has 1 heterocycles. The minimum atomic E-state index is 0.0761. The number of pyridine rings is 1. The number of likely N-dealkylation sites (N-methyl/N-ethyl adjacent to an activating group) is 1. The number of rotatable bonds is 8. The summed E-state index contributed by atoms with van der Waals surface area (Å²) in [6, 6.07) is 6.05. The molecule has 0 saturated heterocycles. The second-order valence-corrected chi connectivity index (χ2v) is 5.34. The molecule has 0 aromatic carbocycles. The van der Waals surface area contributed by atoms with E-state index in [0.717, 1.165) is 18.7 Å². The summed E-state index contributed by atoms with van der Waals surface area (Å²) in [7, 11) is 2.15. The lowest BCUT2D eigenvalue weighted by molar-refractivity contribution is 0.121. The molecule has 0 fully saturated rings. The maximum Gasteiger partial charge on any atom is 0.0544 e. The van der Waals surface area contributed by atoms with Crippen LogP contribution in [0.5, 0.6) is 0 Å². The summed E-state index contributed by atoms with van der Waals surface area (Å²) in [5, 5.41) is 0. The molecule has 0 aliphatic carbocycles. The van der Waals surface area contributed by atoms with Gasteiger partial charge < -0.3 is 5.73 Å². The van der Waals surface area contributed by atoms with Crippen LogP contribution in [0.15, 0.2) is 24.4 Å². The Morgan fingerprint density at radius 2 is 2.11 bits per heavy atom. The third kappa shape index (κ3) is 4.39. The Kier molecular flexibility index (Phi) is 6.30. The Labute approximate surface area is 111 Å². The fourth-order valence-corrected chi connectivity index (χ4v) is 2.13. The van der Waals surface area contributed by atoms with Crippen molar-refractivity contribution in [2.45, 2.75) is 51.6 Å². The van der Waals surface area contributed by atoms with Crippen molar-refractivity contribution < 1.29 is 0 Å². The molecule has 1 rings (SSSR count). The van der Waals surface area contributed by atoms with Gasteiger partial charge in [-0.05, 0) is 32.5 Å². The first kappa shape index (κ1) is 15.1. The zero-order chi connectivity index (χ0) is 13.4. The third-order valence-electron chi connectivity index (χ3n) is 3.81. The van der Waals surface area contributed by atoms with E-state index in [9.17, 15) is 0 Å². The topological polar surface area (TPSA) is 42.1 Å². The molecule has 0 bridgehead atoms. The van der Waals surface area contributed by atoms with Gasteiger partial charge in [0.2, 0.25) is 0 Å². The zero-order valence-electron chi connectivity index (χ0n) is 12.0. The van der Waals surface area contributed by atoms with E-state index in [1.54, 1.807) is 0 Å². The molecule has 1 unspecified atom stereocenters. The standard InChI is InChI=1S/C15H27N3/c1-4-5-7-10-15(2,13-16)18(3)12-14-9-6-8-11-17-14/h6,8-9,11H,4-5,7,10,12-13,16H2,1-3H3. The van der Waals surface area contributed by atoms with Crippen LogP contribution in [-0.4, -0.2) is 29.0 Å². The number of nitrogens with zero attached hydrogens (tertiary/aromatic N) is 2.